The summed E-state index contributed by atoms with van der Waals surface area (Å²) >= 11 is 0. The minimum atomic E-state index is -0.205. The van der Waals surface area contributed by atoms with Crippen molar-refractivity contribution in [3.05, 3.63) is 87.0 Å². The van der Waals surface area contributed by atoms with Gasteiger partial charge in [-0.05, 0) is 85.7 Å². The molecule has 27 heavy (non-hydrogen) atoms. The number of aromatic hydroxyl groups is 3. The Morgan fingerprint density at radius 2 is 1.22 bits per heavy atom. The standard InChI is InChI=1S/C24H26O3/c1-13-12-20(15(3)17(5)24(13)27)23(19-8-6-7-9-22(19)26)18-10-11-21(25)16(4)14(18)2/h6-12,23,25-27H,1-5H3. The highest BCUT2D eigenvalue weighted by Crippen LogP contribution is 2.43. The summed E-state index contributed by atoms with van der Waals surface area (Å²) in [6.07, 6.45) is 0. The van der Waals surface area contributed by atoms with Gasteiger partial charge in [0.25, 0.3) is 0 Å². The zero-order valence-corrected chi connectivity index (χ0v) is 16.5. The van der Waals surface area contributed by atoms with Crippen LogP contribution in [0.4, 0.5) is 0 Å². The lowest BCUT2D eigenvalue weighted by atomic mass is 9.78. The molecule has 0 aliphatic carbocycles. The second kappa shape index (κ2) is 6.99. The lowest BCUT2D eigenvalue weighted by Gasteiger charge is -2.26. The van der Waals surface area contributed by atoms with Gasteiger partial charge in [0.15, 0.2) is 0 Å². The van der Waals surface area contributed by atoms with E-state index in [1.165, 1.54) is 0 Å². The molecule has 140 valence electrons. The number of phenolic OH excluding ortho intramolecular Hbond substituents is 3. The Morgan fingerprint density at radius 3 is 1.89 bits per heavy atom. The van der Waals surface area contributed by atoms with Crippen LogP contribution in [0.3, 0.4) is 0 Å². The first kappa shape index (κ1) is 18.8. The Bertz CT molecular complexity index is 1020. The maximum atomic E-state index is 10.6. The highest BCUT2D eigenvalue weighted by molar-refractivity contribution is 5.59. The zero-order chi connectivity index (χ0) is 19.9. The van der Waals surface area contributed by atoms with E-state index < -0.39 is 0 Å². The monoisotopic (exact) mass is 362 g/mol. The molecule has 0 saturated heterocycles. The maximum absolute atomic E-state index is 10.6. The first-order valence-electron chi connectivity index (χ1n) is 9.10. The van der Waals surface area contributed by atoms with Crippen LogP contribution in [-0.2, 0) is 0 Å². The molecule has 3 heteroatoms. The zero-order valence-electron chi connectivity index (χ0n) is 16.5. The average molecular weight is 362 g/mol. The van der Waals surface area contributed by atoms with Gasteiger partial charge in [0.2, 0.25) is 0 Å². The van der Waals surface area contributed by atoms with Gasteiger partial charge in [0.05, 0.1) is 0 Å². The summed E-state index contributed by atoms with van der Waals surface area (Å²) in [7, 11) is 0. The van der Waals surface area contributed by atoms with Crippen LogP contribution in [0.15, 0.2) is 42.5 Å². The minimum absolute atomic E-state index is 0.205. The van der Waals surface area contributed by atoms with Crippen molar-refractivity contribution in [2.24, 2.45) is 0 Å². The molecule has 0 amide bonds. The van der Waals surface area contributed by atoms with Crippen molar-refractivity contribution in [3.8, 4) is 17.2 Å². The third kappa shape index (κ3) is 3.14. The predicted octanol–water partition coefficient (Wildman–Crippen LogP) is 5.53. The number of para-hydroxylation sites is 1. The summed E-state index contributed by atoms with van der Waals surface area (Å²) in [6.45, 7) is 9.70. The number of benzene rings is 3. The summed E-state index contributed by atoms with van der Waals surface area (Å²) in [6, 6.07) is 13.0. The van der Waals surface area contributed by atoms with E-state index >= 15 is 0 Å². The molecule has 0 aromatic heterocycles. The third-order valence-electron chi connectivity index (χ3n) is 5.77. The van der Waals surface area contributed by atoms with E-state index in [1.807, 2.05) is 65.0 Å². The molecule has 0 bridgehead atoms. The van der Waals surface area contributed by atoms with Crippen LogP contribution in [0, 0.1) is 34.6 Å². The first-order chi connectivity index (χ1) is 12.7. The molecular weight excluding hydrogens is 336 g/mol. The number of hydrogen-bond acceptors (Lipinski definition) is 3. The molecule has 1 unspecified atom stereocenters. The summed E-state index contributed by atoms with van der Waals surface area (Å²) in [5.74, 6) is 0.604. The quantitative estimate of drug-likeness (QED) is 0.537. The van der Waals surface area contributed by atoms with Crippen LogP contribution >= 0.6 is 0 Å². The predicted molar refractivity (Wildman–Crippen MR) is 109 cm³/mol. The molecule has 0 spiro atoms. The van der Waals surface area contributed by atoms with Gasteiger partial charge in [-0.3, -0.25) is 0 Å². The lowest BCUT2D eigenvalue weighted by Crippen LogP contribution is -2.10. The van der Waals surface area contributed by atoms with Crippen molar-refractivity contribution < 1.29 is 15.3 Å². The number of hydrogen-bond donors (Lipinski definition) is 3. The van der Waals surface area contributed by atoms with E-state index in [2.05, 4.69) is 0 Å². The Hall–Kier alpha value is -2.94. The van der Waals surface area contributed by atoms with Gasteiger partial charge in [-0.2, -0.15) is 0 Å². The summed E-state index contributed by atoms with van der Waals surface area (Å²) < 4.78 is 0. The van der Waals surface area contributed by atoms with Gasteiger partial charge in [0.1, 0.15) is 17.2 Å². The smallest absolute Gasteiger partial charge is 0.121 e. The average Bonchev–Trinajstić information content (AvgIpc) is 2.65. The van der Waals surface area contributed by atoms with Gasteiger partial charge < -0.3 is 15.3 Å². The molecule has 0 fully saturated rings. The fourth-order valence-corrected chi connectivity index (χ4v) is 3.77. The Kier molecular flexibility index (Phi) is 4.88. The second-order valence-electron chi connectivity index (χ2n) is 7.30. The topological polar surface area (TPSA) is 60.7 Å². The molecule has 0 radical (unpaired) electrons. The van der Waals surface area contributed by atoms with Crippen molar-refractivity contribution in [3.63, 3.8) is 0 Å². The van der Waals surface area contributed by atoms with Crippen molar-refractivity contribution in [1.82, 2.24) is 0 Å². The van der Waals surface area contributed by atoms with Gasteiger partial charge >= 0.3 is 0 Å². The molecule has 1 atom stereocenters. The third-order valence-corrected chi connectivity index (χ3v) is 5.77. The fraction of sp³-hybridized carbons (Fsp3) is 0.250. The summed E-state index contributed by atoms with van der Waals surface area (Å²) in [5, 5.41) is 31.0. The van der Waals surface area contributed by atoms with E-state index in [0.717, 1.165) is 44.5 Å². The van der Waals surface area contributed by atoms with Gasteiger partial charge in [0, 0.05) is 11.5 Å². The highest BCUT2D eigenvalue weighted by atomic mass is 16.3. The van der Waals surface area contributed by atoms with Crippen LogP contribution < -0.4 is 0 Å². The SMILES string of the molecule is Cc1cc(C(c2ccccc2O)c2ccc(O)c(C)c2C)c(C)c(C)c1O. The molecule has 0 aliphatic heterocycles. The molecule has 0 aliphatic rings. The Morgan fingerprint density at radius 1 is 0.593 bits per heavy atom. The molecule has 3 rings (SSSR count). The normalized spacial score (nSPS) is 12.2. The van der Waals surface area contributed by atoms with E-state index in [9.17, 15) is 15.3 Å². The largest absolute Gasteiger partial charge is 0.508 e. The Balaban J connectivity index is 2.38. The van der Waals surface area contributed by atoms with E-state index in [1.54, 1.807) is 12.1 Å². The van der Waals surface area contributed by atoms with Crippen molar-refractivity contribution in [2.45, 2.75) is 40.5 Å². The molecule has 3 aromatic rings. The number of phenols is 3. The Labute approximate surface area is 160 Å². The maximum Gasteiger partial charge on any atom is 0.121 e. The van der Waals surface area contributed by atoms with Crippen LogP contribution in [0.5, 0.6) is 17.2 Å². The van der Waals surface area contributed by atoms with Gasteiger partial charge in [-0.1, -0.05) is 30.3 Å². The number of rotatable bonds is 3. The number of aryl methyl sites for hydroxylation is 1. The van der Waals surface area contributed by atoms with Crippen molar-refractivity contribution in [2.75, 3.05) is 0 Å². The first-order valence-corrected chi connectivity index (χ1v) is 9.10. The molecule has 3 N–H and O–H groups in total. The minimum Gasteiger partial charge on any atom is -0.508 e. The summed E-state index contributed by atoms with van der Waals surface area (Å²) in [4.78, 5) is 0. The second-order valence-corrected chi connectivity index (χ2v) is 7.30. The molecule has 3 aromatic carbocycles. The van der Waals surface area contributed by atoms with E-state index in [-0.39, 0.29) is 17.4 Å². The molecule has 0 saturated carbocycles. The summed E-state index contributed by atoms with van der Waals surface area (Å²) in [5.41, 5.74) is 7.34. The molecule has 0 heterocycles. The molecular formula is C24H26O3. The lowest BCUT2D eigenvalue weighted by molar-refractivity contribution is 0.464. The van der Waals surface area contributed by atoms with Crippen LogP contribution in [0.1, 0.15) is 50.4 Å². The van der Waals surface area contributed by atoms with E-state index in [4.69, 9.17) is 0 Å². The van der Waals surface area contributed by atoms with E-state index in [0.29, 0.717) is 5.75 Å². The van der Waals surface area contributed by atoms with Gasteiger partial charge in [-0.15, -0.1) is 0 Å². The van der Waals surface area contributed by atoms with Crippen molar-refractivity contribution >= 4 is 0 Å². The highest BCUT2D eigenvalue weighted by Gasteiger charge is 2.26. The van der Waals surface area contributed by atoms with Gasteiger partial charge in [-0.25, -0.2) is 0 Å². The van der Waals surface area contributed by atoms with Crippen LogP contribution in [-0.4, -0.2) is 15.3 Å². The molecule has 3 nitrogen and oxygen atoms in total. The van der Waals surface area contributed by atoms with Crippen LogP contribution in [0.25, 0.3) is 0 Å². The van der Waals surface area contributed by atoms with Crippen molar-refractivity contribution in [1.29, 1.82) is 0 Å². The fourth-order valence-electron chi connectivity index (χ4n) is 3.77. The van der Waals surface area contributed by atoms with Crippen LogP contribution in [0.2, 0.25) is 0 Å².